The van der Waals surface area contributed by atoms with Gasteiger partial charge in [-0.05, 0) is 30.0 Å². The molecule has 1 aromatic carbocycles. The zero-order valence-corrected chi connectivity index (χ0v) is 16.2. The minimum atomic E-state index is -3.80. The molecule has 0 aromatic heterocycles. The average Bonchev–Trinajstić information content (AvgIpc) is 2.52. The van der Waals surface area contributed by atoms with Gasteiger partial charge in [-0.2, -0.15) is 5.26 Å². The third kappa shape index (κ3) is 6.13. The Morgan fingerprint density at radius 3 is 2.46 bits per heavy atom. The van der Waals surface area contributed by atoms with E-state index in [-0.39, 0.29) is 17.3 Å². The number of nitriles is 1. The summed E-state index contributed by atoms with van der Waals surface area (Å²) in [5, 5.41) is 12.2. The Morgan fingerprint density at radius 2 is 1.96 bits per heavy atom. The summed E-state index contributed by atoms with van der Waals surface area (Å²) in [6, 6.07) is 6.37. The quantitative estimate of drug-likeness (QED) is 0.380. The third-order valence-corrected chi connectivity index (χ3v) is 5.31. The zero-order valence-electron chi connectivity index (χ0n) is 13.8. The van der Waals surface area contributed by atoms with Crippen LogP contribution in [-0.2, 0) is 21.2 Å². The number of sulfonamides is 1. The van der Waals surface area contributed by atoms with Crippen molar-refractivity contribution >= 4 is 31.9 Å². The van der Waals surface area contributed by atoms with Gasteiger partial charge in [0.05, 0.1) is 11.4 Å². The topological polar surface area (TPSA) is 90.3 Å². The van der Waals surface area contributed by atoms with Crippen molar-refractivity contribution in [3.63, 3.8) is 0 Å². The van der Waals surface area contributed by atoms with Crippen molar-refractivity contribution in [1.82, 2.24) is 9.62 Å². The highest BCUT2D eigenvalue weighted by Crippen LogP contribution is 2.16. The molecular weight excluding hydrogens is 394 g/mol. The molecule has 24 heavy (non-hydrogen) atoms. The highest BCUT2D eigenvalue weighted by Gasteiger charge is 2.22. The molecule has 8 heteroatoms. The minimum absolute atomic E-state index is 0.0173. The predicted octanol–water partition coefficient (Wildman–Crippen LogP) is 2.26. The largest absolute Gasteiger partial charge is 0.356 e. The van der Waals surface area contributed by atoms with Gasteiger partial charge in [-0.15, -0.1) is 0 Å². The van der Waals surface area contributed by atoms with Gasteiger partial charge in [0.1, 0.15) is 0 Å². The maximum absolute atomic E-state index is 12.3. The van der Waals surface area contributed by atoms with Crippen LogP contribution in [0.3, 0.4) is 0 Å². The number of carbonyl (C=O) groups is 1. The van der Waals surface area contributed by atoms with Crippen molar-refractivity contribution in [3.05, 3.63) is 29.8 Å². The van der Waals surface area contributed by atoms with Crippen LogP contribution in [0.15, 0.2) is 29.2 Å². The predicted molar refractivity (Wildman–Crippen MR) is 95.9 cm³/mol. The number of carbonyl (C=O) groups excluding carboxylic acids is 1. The molecule has 0 unspecified atom stereocenters. The first-order valence-electron chi connectivity index (χ1n) is 7.65. The first-order chi connectivity index (χ1) is 11.3. The van der Waals surface area contributed by atoms with Crippen molar-refractivity contribution in [2.75, 3.05) is 18.4 Å². The van der Waals surface area contributed by atoms with Gasteiger partial charge in [-0.1, -0.05) is 41.9 Å². The minimum Gasteiger partial charge on any atom is -0.356 e. The lowest BCUT2D eigenvalue weighted by Gasteiger charge is -2.15. The molecule has 132 valence electrons. The van der Waals surface area contributed by atoms with Crippen LogP contribution in [-0.4, -0.2) is 37.0 Å². The Kier molecular flexibility index (Phi) is 8.22. The van der Waals surface area contributed by atoms with Gasteiger partial charge in [0.2, 0.25) is 5.91 Å². The first kappa shape index (κ1) is 20.5. The number of hydrogen-bond acceptors (Lipinski definition) is 4. The molecule has 0 fully saturated rings. The smallest absolute Gasteiger partial charge is 0.272 e. The molecule has 0 spiro atoms. The van der Waals surface area contributed by atoms with E-state index >= 15 is 0 Å². The van der Waals surface area contributed by atoms with Crippen LogP contribution in [0.5, 0.6) is 0 Å². The second kappa shape index (κ2) is 9.64. The highest BCUT2D eigenvalue weighted by molar-refractivity contribution is 9.09. The maximum atomic E-state index is 12.3. The van der Waals surface area contributed by atoms with Gasteiger partial charge in [-0.3, -0.25) is 4.79 Å². The van der Waals surface area contributed by atoms with Crippen LogP contribution in [0.4, 0.5) is 0 Å². The van der Waals surface area contributed by atoms with Gasteiger partial charge in [0, 0.05) is 18.3 Å². The molecule has 1 amide bonds. The van der Waals surface area contributed by atoms with Crippen molar-refractivity contribution in [2.24, 2.45) is 5.92 Å². The summed E-state index contributed by atoms with van der Waals surface area (Å²) in [5.41, 5.74) is 0.919. The molecule has 0 saturated carbocycles. The summed E-state index contributed by atoms with van der Waals surface area (Å²) < 4.78 is 25.3. The van der Waals surface area contributed by atoms with Gasteiger partial charge in [0.15, 0.2) is 6.19 Å². The van der Waals surface area contributed by atoms with Crippen molar-refractivity contribution in [1.29, 1.82) is 5.26 Å². The van der Waals surface area contributed by atoms with Gasteiger partial charge in [0.25, 0.3) is 10.0 Å². The van der Waals surface area contributed by atoms with Crippen LogP contribution >= 0.6 is 15.9 Å². The molecule has 1 aromatic rings. The molecule has 0 aliphatic heterocycles. The van der Waals surface area contributed by atoms with Crippen LogP contribution in [0.25, 0.3) is 0 Å². The van der Waals surface area contributed by atoms with Crippen molar-refractivity contribution < 1.29 is 13.2 Å². The maximum Gasteiger partial charge on any atom is 0.272 e. The highest BCUT2D eigenvalue weighted by atomic mass is 79.9. The summed E-state index contributed by atoms with van der Waals surface area (Å²) >= 11 is 3.13. The second-order valence-corrected chi connectivity index (χ2v) is 8.36. The number of hydrogen-bond donors (Lipinski definition) is 1. The fourth-order valence-corrected chi connectivity index (χ4v) is 3.81. The Labute approximate surface area is 152 Å². The van der Waals surface area contributed by atoms with Crippen molar-refractivity contribution in [2.45, 2.75) is 31.6 Å². The molecule has 0 aliphatic carbocycles. The number of benzene rings is 1. The van der Waals surface area contributed by atoms with E-state index in [0.717, 1.165) is 9.87 Å². The molecule has 1 rings (SSSR count). The van der Waals surface area contributed by atoms with Gasteiger partial charge < -0.3 is 5.32 Å². The molecule has 0 atom stereocenters. The Hall–Kier alpha value is -1.59. The van der Waals surface area contributed by atoms with E-state index in [1.54, 1.807) is 18.3 Å². The number of alkyl halides is 1. The van der Waals surface area contributed by atoms with Gasteiger partial charge >= 0.3 is 0 Å². The number of amides is 1. The summed E-state index contributed by atoms with van der Waals surface area (Å²) in [6.07, 6.45) is 2.80. The normalized spacial score (nSPS) is 11.1. The average molecular weight is 416 g/mol. The number of rotatable bonds is 9. The fourth-order valence-electron chi connectivity index (χ4n) is 2.05. The van der Waals surface area contributed by atoms with E-state index in [2.05, 4.69) is 21.2 Å². The molecule has 0 aliphatic rings. The van der Waals surface area contributed by atoms with Crippen LogP contribution in [0.2, 0.25) is 0 Å². The monoisotopic (exact) mass is 415 g/mol. The summed E-state index contributed by atoms with van der Waals surface area (Å²) in [6.45, 7) is 4.56. The molecule has 0 heterocycles. The lowest BCUT2D eigenvalue weighted by molar-refractivity contribution is -0.121. The standard InChI is InChI=1S/C16H22BrN3O3S/c1-13(2)11-16(21)19-9-7-14-3-5-15(6-4-14)24(22,23)20(12-18)10-8-17/h3-6,13H,7-11H2,1-2H3,(H,19,21). The van der Waals surface area contributed by atoms with E-state index in [9.17, 15) is 13.2 Å². The SMILES string of the molecule is CC(C)CC(=O)NCCc1ccc(S(=O)(=O)N(C#N)CCBr)cc1. The summed E-state index contributed by atoms with van der Waals surface area (Å²) in [4.78, 5) is 11.6. The second-order valence-electron chi connectivity index (χ2n) is 5.71. The molecule has 0 radical (unpaired) electrons. The number of nitrogens with one attached hydrogen (secondary N) is 1. The molecule has 6 nitrogen and oxygen atoms in total. The summed E-state index contributed by atoms with van der Waals surface area (Å²) in [5.74, 6) is 0.334. The Morgan fingerprint density at radius 1 is 1.33 bits per heavy atom. The van der Waals surface area contributed by atoms with Crippen molar-refractivity contribution in [3.8, 4) is 6.19 Å². The van der Waals surface area contributed by atoms with E-state index in [1.807, 2.05) is 13.8 Å². The Bertz CT molecular complexity index is 682. The molecule has 1 N–H and O–H groups in total. The summed E-state index contributed by atoms with van der Waals surface area (Å²) in [7, 11) is -3.80. The first-order valence-corrected chi connectivity index (χ1v) is 10.2. The lowest BCUT2D eigenvalue weighted by Crippen LogP contribution is -2.28. The van der Waals surface area contributed by atoms with Crippen LogP contribution in [0, 0.1) is 17.4 Å². The van der Waals surface area contributed by atoms with E-state index in [0.29, 0.717) is 30.6 Å². The van der Waals surface area contributed by atoms with E-state index in [1.165, 1.54) is 12.1 Å². The number of nitrogens with zero attached hydrogens (tertiary/aromatic N) is 2. The van der Waals surface area contributed by atoms with E-state index < -0.39 is 10.0 Å². The number of halogens is 1. The molecular formula is C16H22BrN3O3S. The fraction of sp³-hybridized carbons (Fsp3) is 0.500. The van der Waals surface area contributed by atoms with Crippen LogP contribution in [0.1, 0.15) is 25.8 Å². The third-order valence-electron chi connectivity index (χ3n) is 3.24. The Balaban J connectivity index is 2.66. The lowest BCUT2D eigenvalue weighted by atomic mass is 10.1. The zero-order chi connectivity index (χ0) is 18.2. The molecule has 0 bridgehead atoms. The van der Waals surface area contributed by atoms with Gasteiger partial charge in [-0.25, -0.2) is 12.7 Å². The van der Waals surface area contributed by atoms with E-state index in [4.69, 9.17) is 5.26 Å². The van der Waals surface area contributed by atoms with Crippen LogP contribution < -0.4 is 5.32 Å². The molecule has 0 saturated heterocycles.